The lowest BCUT2D eigenvalue weighted by molar-refractivity contribution is -0.156. The van der Waals surface area contributed by atoms with E-state index in [2.05, 4.69) is 18.6 Å². The highest BCUT2D eigenvalue weighted by Crippen LogP contribution is 2.23. The molecule has 2 amide bonds. The van der Waals surface area contributed by atoms with Crippen molar-refractivity contribution < 1.29 is 28.6 Å². The van der Waals surface area contributed by atoms with E-state index in [-0.39, 0.29) is 6.61 Å². The van der Waals surface area contributed by atoms with Gasteiger partial charge in [-0.3, -0.25) is 10.1 Å². The largest absolute Gasteiger partial charge is 0.482 e. The number of carbonyl (C=O) groups excluding carboxylic acids is 3. The first-order valence-corrected chi connectivity index (χ1v) is 7.56. The van der Waals surface area contributed by atoms with Crippen molar-refractivity contribution in [3.8, 4) is 5.75 Å². The maximum atomic E-state index is 11.7. The van der Waals surface area contributed by atoms with Crippen LogP contribution in [0.1, 0.15) is 37.8 Å². The van der Waals surface area contributed by atoms with Gasteiger partial charge in [-0.15, -0.1) is 0 Å². The summed E-state index contributed by atoms with van der Waals surface area (Å²) in [4.78, 5) is 34.2. The number of benzene rings is 1. The lowest BCUT2D eigenvalue weighted by Gasteiger charge is -2.14. The topological polar surface area (TPSA) is 90.9 Å². The number of alkyl carbamates (subject to hydrolysis) is 1. The lowest BCUT2D eigenvalue weighted by atomic mass is 9.98. The Balaban J connectivity index is 2.50. The molecule has 0 spiro atoms. The van der Waals surface area contributed by atoms with Gasteiger partial charge in [-0.2, -0.15) is 0 Å². The molecule has 0 aromatic heterocycles. The number of hydrogen-bond donors (Lipinski definition) is 1. The Morgan fingerprint density at radius 3 is 2.38 bits per heavy atom. The summed E-state index contributed by atoms with van der Waals surface area (Å²) in [6.45, 7) is 7.18. The van der Waals surface area contributed by atoms with Gasteiger partial charge in [0.25, 0.3) is 5.91 Å². The van der Waals surface area contributed by atoms with Crippen molar-refractivity contribution in [1.29, 1.82) is 0 Å². The molecule has 0 aliphatic carbocycles. The number of hydrogen-bond acceptors (Lipinski definition) is 6. The highest BCUT2D eigenvalue weighted by molar-refractivity contribution is 5.95. The van der Waals surface area contributed by atoms with Crippen molar-refractivity contribution in [2.45, 2.75) is 39.7 Å². The van der Waals surface area contributed by atoms with Crippen LogP contribution in [0.3, 0.4) is 0 Å². The normalized spacial score (nSPS) is 11.6. The van der Waals surface area contributed by atoms with Crippen LogP contribution < -0.4 is 10.1 Å². The molecule has 1 N–H and O–H groups in total. The molecule has 0 unspecified atom stereocenters. The summed E-state index contributed by atoms with van der Waals surface area (Å²) in [5, 5.41) is 1.91. The Kier molecular flexibility index (Phi) is 7.23. The van der Waals surface area contributed by atoms with Gasteiger partial charge in [0.05, 0.1) is 7.11 Å². The number of aryl methyl sites for hydroxylation is 1. The van der Waals surface area contributed by atoms with Crippen molar-refractivity contribution in [3.63, 3.8) is 0 Å². The smallest absolute Gasteiger partial charge is 0.413 e. The summed E-state index contributed by atoms with van der Waals surface area (Å²) in [5.74, 6) is -0.542. The van der Waals surface area contributed by atoms with Crippen LogP contribution >= 0.6 is 0 Å². The minimum absolute atomic E-state index is 0.337. The first kappa shape index (κ1) is 19.5. The Hall–Kier alpha value is -2.57. The Labute approximate surface area is 141 Å². The van der Waals surface area contributed by atoms with Gasteiger partial charge < -0.3 is 14.2 Å². The molecule has 132 valence electrons. The highest BCUT2D eigenvalue weighted by Gasteiger charge is 2.20. The van der Waals surface area contributed by atoms with Crippen molar-refractivity contribution in [1.82, 2.24) is 5.32 Å². The van der Waals surface area contributed by atoms with Crippen molar-refractivity contribution in [3.05, 3.63) is 29.3 Å². The fraction of sp³-hybridized carbons (Fsp3) is 0.471. The predicted octanol–water partition coefficient (Wildman–Crippen LogP) is 2.31. The second-order valence-corrected chi connectivity index (χ2v) is 5.57. The van der Waals surface area contributed by atoms with Crippen molar-refractivity contribution in [2.24, 2.45) is 0 Å². The van der Waals surface area contributed by atoms with E-state index >= 15 is 0 Å². The SMILES string of the molecule is COC(=O)NC(=O)[C@@H](C)OC(=O)COc1ccc(C(C)C)c(C)c1. The summed E-state index contributed by atoms with van der Waals surface area (Å²) >= 11 is 0. The monoisotopic (exact) mass is 337 g/mol. The molecular formula is C17H23NO6. The molecule has 0 aliphatic heterocycles. The summed E-state index contributed by atoms with van der Waals surface area (Å²) in [7, 11) is 1.12. The van der Waals surface area contributed by atoms with Gasteiger partial charge >= 0.3 is 12.1 Å². The highest BCUT2D eigenvalue weighted by atomic mass is 16.6. The van der Waals surface area contributed by atoms with Crippen LogP contribution in [0.5, 0.6) is 5.75 Å². The molecule has 24 heavy (non-hydrogen) atoms. The zero-order chi connectivity index (χ0) is 18.3. The third-order valence-corrected chi connectivity index (χ3v) is 3.31. The Bertz CT molecular complexity index is 611. The van der Waals surface area contributed by atoms with Gasteiger partial charge in [-0.1, -0.05) is 19.9 Å². The van der Waals surface area contributed by atoms with Gasteiger partial charge in [-0.25, -0.2) is 9.59 Å². The minimum Gasteiger partial charge on any atom is -0.482 e. The van der Waals surface area contributed by atoms with Gasteiger partial charge in [0.2, 0.25) is 0 Å². The second-order valence-electron chi connectivity index (χ2n) is 5.57. The molecule has 0 fully saturated rings. The summed E-state index contributed by atoms with van der Waals surface area (Å²) in [6.07, 6.45) is -2.05. The van der Waals surface area contributed by atoms with E-state index in [1.54, 1.807) is 6.07 Å². The fourth-order valence-electron chi connectivity index (χ4n) is 2.07. The quantitative estimate of drug-likeness (QED) is 0.801. The van der Waals surface area contributed by atoms with E-state index < -0.39 is 24.1 Å². The van der Waals surface area contributed by atoms with Gasteiger partial charge in [0, 0.05) is 0 Å². The average molecular weight is 337 g/mol. The zero-order valence-electron chi connectivity index (χ0n) is 14.5. The first-order valence-electron chi connectivity index (χ1n) is 7.56. The molecule has 0 aliphatic rings. The second kappa shape index (κ2) is 8.90. The van der Waals surface area contributed by atoms with E-state index in [9.17, 15) is 14.4 Å². The van der Waals surface area contributed by atoms with Crippen LogP contribution in [0.2, 0.25) is 0 Å². The Morgan fingerprint density at radius 2 is 1.83 bits per heavy atom. The van der Waals surface area contributed by atoms with E-state index in [0.717, 1.165) is 12.7 Å². The maximum absolute atomic E-state index is 11.7. The number of methoxy groups -OCH3 is 1. The number of esters is 1. The van der Waals surface area contributed by atoms with Crippen LogP contribution in [0.25, 0.3) is 0 Å². The standard InChI is InChI=1S/C17H23NO6/c1-10(2)14-7-6-13(8-11(14)3)23-9-15(19)24-12(4)16(20)18-17(21)22-5/h6-8,10,12H,9H2,1-5H3,(H,18,20,21)/t12-/m1/s1. The van der Waals surface area contributed by atoms with Crippen LogP contribution in [0.4, 0.5) is 4.79 Å². The van der Waals surface area contributed by atoms with E-state index in [1.165, 1.54) is 12.5 Å². The average Bonchev–Trinajstić information content (AvgIpc) is 2.52. The summed E-state index contributed by atoms with van der Waals surface area (Å²) in [6, 6.07) is 5.58. The van der Waals surface area contributed by atoms with E-state index in [4.69, 9.17) is 9.47 Å². The predicted molar refractivity (Wildman–Crippen MR) is 86.9 cm³/mol. The molecule has 0 heterocycles. The van der Waals surface area contributed by atoms with Gasteiger partial charge in [0.15, 0.2) is 12.7 Å². The maximum Gasteiger partial charge on any atom is 0.413 e. The number of imide groups is 1. The molecule has 0 bridgehead atoms. The first-order chi connectivity index (χ1) is 11.2. The van der Waals surface area contributed by atoms with E-state index in [1.807, 2.05) is 24.4 Å². The molecule has 1 aromatic rings. The number of carbonyl (C=O) groups is 3. The summed E-state index contributed by atoms with van der Waals surface area (Å²) < 4.78 is 14.5. The number of rotatable bonds is 6. The molecule has 1 atom stereocenters. The number of nitrogens with one attached hydrogen (secondary N) is 1. The lowest BCUT2D eigenvalue weighted by Crippen LogP contribution is -2.40. The minimum atomic E-state index is -1.13. The molecule has 7 nitrogen and oxygen atoms in total. The third-order valence-electron chi connectivity index (χ3n) is 3.31. The summed E-state index contributed by atoms with van der Waals surface area (Å²) in [5.41, 5.74) is 2.28. The molecule has 0 radical (unpaired) electrons. The molecule has 7 heteroatoms. The van der Waals surface area contributed by atoms with Crippen LogP contribution in [0, 0.1) is 6.92 Å². The number of ether oxygens (including phenoxy) is 3. The Morgan fingerprint density at radius 1 is 1.17 bits per heavy atom. The van der Waals surface area contributed by atoms with Gasteiger partial charge in [0.1, 0.15) is 5.75 Å². The zero-order valence-corrected chi connectivity index (χ0v) is 14.5. The van der Waals surface area contributed by atoms with Crippen LogP contribution in [-0.4, -0.2) is 37.8 Å². The third kappa shape index (κ3) is 5.91. The van der Waals surface area contributed by atoms with Crippen LogP contribution in [0.15, 0.2) is 18.2 Å². The van der Waals surface area contributed by atoms with Gasteiger partial charge in [-0.05, 0) is 43.0 Å². The van der Waals surface area contributed by atoms with Crippen LogP contribution in [-0.2, 0) is 19.1 Å². The number of amides is 2. The fourth-order valence-corrected chi connectivity index (χ4v) is 2.07. The molecule has 0 saturated heterocycles. The molecule has 0 saturated carbocycles. The van der Waals surface area contributed by atoms with Crippen molar-refractivity contribution >= 4 is 18.0 Å². The molecule has 1 rings (SSSR count). The van der Waals surface area contributed by atoms with E-state index in [0.29, 0.717) is 11.7 Å². The molecule has 1 aromatic carbocycles. The van der Waals surface area contributed by atoms with Crippen molar-refractivity contribution in [2.75, 3.05) is 13.7 Å². The molecular weight excluding hydrogens is 314 g/mol.